The van der Waals surface area contributed by atoms with Crippen molar-refractivity contribution in [1.82, 2.24) is 0 Å². The highest BCUT2D eigenvalue weighted by atomic mass is 31.2. The van der Waals surface area contributed by atoms with Gasteiger partial charge in [-0.25, -0.2) is 0 Å². The third-order valence-corrected chi connectivity index (χ3v) is 6.49. The lowest BCUT2D eigenvalue weighted by atomic mass is 9.90. The Labute approximate surface area is 172 Å². The van der Waals surface area contributed by atoms with Crippen molar-refractivity contribution in [3.8, 4) is 17.2 Å². The van der Waals surface area contributed by atoms with Crippen LogP contribution in [0.15, 0.2) is 54.6 Å². The number of aryl methyl sites for hydroxylation is 4. The van der Waals surface area contributed by atoms with Gasteiger partial charge in [0, 0.05) is 17.0 Å². The van der Waals surface area contributed by atoms with E-state index in [1.807, 2.05) is 64.1 Å². The zero-order valence-electron chi connectivity index (χ0n) is 17.4. The summed E-state index contributed by atoms with van der Waals surface area (Å²) in [5.74, 6) is 1.54. The smallest absolute Gasteiger partial charge is 0.386 e. The van der Waals surface area contributed by atoms with Crippen LogP contribution in [0.4, 0.5) is 0 Å². The molecule has 0 bridgehead atoms. The molecule has 4 rings (SSSR count). The maximum Gasteiger partial charge on any atom is 0.647 e. The number of phosphoric ester groups is 1. The van der Waals surface area contributed by atoms with Gasteiger partial charge < -0.3 is 13.6 Å². The van der Waals surface area contributed by atoms with E-state index in [9.17, 15) is 4.57 Å². The van der Waals surface area contributed by atoms with Crippen LogP contribution in [-0.2, 0) is 4.57 Å². The van der Waals surface area contributed by atoms with Crippen molar-refractivity contribution < 1.29 is 18.1 Å². The third kappa shape index (κ3) is 3.90. The zero-order valence-corrected chi connectivity index (χ0v) is 18.2. The number of fused-ring (bicyclic) bond motifs is 2. The van der Waals surface area contributed by atoms with Crippen molar-refractivity contribution >= 4 is 7.82 Å². The average Bonchev–Trinajstić information content (AvgIpc) is 2.66. The molecule has 0 amide bonds. The standard InChI is InChI=1S/C24H25O4P/c1-15-6-9-22(18(4)12-15)26-29(25)27-23-10-7-16(2)13-20(23)19(5)21-14-17(3)8-11-24(21)28-29/h6-14,19H,1-5H3. The molecule has 1 heterocycles. The summed E-state index contributed by atoms with van der Waals surface area (Å²) in [5.41, 5.74) is 6.12. The van der Waals surface area contributed by atoms with E-state index < -0.39 is 7.82 Å². The van der Waals surface area contributed by atoms with E-state index in [1.165, 1.54) is 0 Å². The molecular formula is C24H25O4P. The molecule has 0 radical (unpaired) electrons. The van der Waals surface area contributed by atoms with Crippen molar-refractivity contribution in [2.75, 3.05) is 0 Å². The lowest BCUT2D eigenvalue weighted by molar-refractivity contribution is 0.292. The molecule has 0 fully saturated rings. The maximum atomic E-state index is 13.7. The van der Waals surface area contributed by atoms with Crippen molar-refractivity contribution in [3.63, 3.8) is 0 Å². The van der Waals surface area contributed by atoms with E-state index in [0.717, 1.165) is 33.4 Å². The Morgan fingerprint density at radius 2 is 1.24 bits per heavy atom. The summed E-state index contributed by atoms with van der Waals surface area (Å²) < 4.78 is 31.5. The Balaban J connectivity index is 1.86. The van der Waals surface area contributed by atoms with Gasteiger partial charge in [-0.1, -0.05) is 60.0 Å². The van der Waals surface area contributed by atoms with E-state index in [0.29, 0.717) is 17.2 Å². The first-order valence-corrected chi connectivity index (χ1v) is 11.2. The first-order valence-electron chi connectivity index (χ1n) is 9.71. The van der Waals surface area contributed by atoms with Gasteiger partial charge in [-0.2, -0.15) is 4.57 Å². The molecule has 29 heavy (non-hydrogen) atoms. The fourth-order valence-corrected chi connectivity index (χ4v) is 5.04. The highest BCUT2D eigenvalue weighted by Crippen LogP contribution is 2.55. The van der Waals surface area contributed by atoms with Gasteiger partial charge in [0.2, 0.25) is 0 Å². The van der Waals surface area contributed by atoms with Crippen LogP contribution in [0.25, 0.3) is 0 Å². The zero-order chi connectivity index (χ0) is 20.8. The van der Waals surface area contributed by atoms with Crippen LogP contribution in [0.5, 0.6) is 17.2 Å². The van der Waals surface area contributed by atoms with E-state index in [1.54, 1.807) is 6.07 Å². The topological polar surface area (TPSA) is 44.8 Å². The second-order valence-electron chi connectivity index (χ2n) is 7.79. The first-order chi connectivity index (χ1) is 13.7. The summed E-state index contributed by atoms with van der Waals surface area (Å²) in [4.78, 5) is 0. The summed E-state index contributed by atoms with van der Waals surface area (Å²) >= 11 is 0. The molecule has 0 saturated heterocycles. The minimum atomic E-state index is -3.97. The van der Waals surface area contributed by atoms with Crippen molar-refractivity contribution in [1.29, 1.82) is 0 Å². The molecule has 0 aliphatic carbocycles. The maximum absolute atomic E-state index is 13.7. The highest BCUT2D eigenvalue weighted by Gasteiger charge is 2.38. The lowest BCUT2D eigenvalue weighted by Crippen LogP contribution is -2.14. The Morgan fingerprint density at radius 1 is 0.759 bits per heavy atom. The van der Waals surface area contributed by atoms with Crippen LogP contribution in [-0.4, -0.2) is 0 Å². The van der Waals surface area contributed by atoms with Gasteiger partial charge in [-0.3, -0.25) is 0 Å². The summed E-state index contributed by atoms with van der Waals surface area (Å²) in [6.07, 6.45) is 0. The van der Waals surface area contributed by atoms with Gasteiger partial charge in [0.05, 0.1) is 0 Å². The van der Waals surface area contributed by atoms with E-state index in [2.05, 4.69) is 19.1 Å². The fourth-order valence-electron chi connectivity index (χ4n) is 3.67. The minimum absolute atomic E-state index is 0.0228. The normalized spacial score (nSPS) is 20.4. The summed E-state index contributed by atoms with van der Waals surface area (Å²) in [6.45, 7) is 10.1. The molecule has 0 aromatic heterocycles. The van der Waals surface area contributed by atoms with Crippen LogP contribution < -0.4 is 13.6 Å². The number of phosphoric acid groups is 1. The summed E-state index contributed by atoms with van der Waals surface area (Å²) in [6, 6.07) is 17.4. The molecule has 4 nitrogen and oxygen atoms in total. The SMILES string of the molecule is Cc1ccc(OP2(=O)Oc3ccc(C)cc3C(C)c3cc(C)ccc3O2)c(C)c1. The van der Waals surface area contributed by atoms with Crippen LogP contribution in [0, 0.1) is 27.7 Å². The second-order valence-corrected chi connectivity index (χ2v) is 9.24. The molecule has 5 heteroatoms. The Hall–Kier alpha value is -2.71. The van der Waals surface area contributed by atoms with Crippen molar-refractivity contribution in [2.45, 2.75) is 40.5 Å². The molecule has 1 aliphatic heterocycles. The van der Waals surface area contributed by atoms with Gasteiger partial charge in [0.15, 0.2) is 0 Å². The van der Waals surface area contributed by atoms with E-state index in [-0.39, 0.29) is 5.92 Å². The third-order valence-electron chi connectivity index (χ3n) is 5.22. The minimum Gasteiger partial charge on any atom is -0.386 e. The van der Waals surface area contributed by atoms with Crippen LogP contribution in [0.2, 0.25) is 0 Å². The van der Waals surface area contributed by atoms with Gasteiger partial charge in [0.25, 0.3) is 0 Å². The lowest BCUT2D eigenvalue weighted by Gasteiger charge is -2.28. The van der Waals surface area contributed by atoms with Crippen LogP contribution in [0.3, 0.4) is 0 Å². The summed E-state index contributed by atoms with van der Waals surface area (Å²) in [5, 5.41) is 0. The number of hydrogen-bond donors (Lipinski definition) is 0. The second kappa shape index (κ2) is 7.27. The monoisotopic (exact) mass is 408 g/mol. The Morgan fingerprint density at radius 3 is 1.76 bits per heavy atom. The highest BCUT2D eigenvalue weighted by molar-refractivity contribution is 7.49. The molecule has 0 atom stereocenters. The molecule has 1 aliphatic rings. The molecule has 0 saturated carbocycles. The van der Waals surface area contributed by atoms with Crippen LogP contribution in [0.1, 0.15) is 46.2 Å². The quantitative estimate of drug-likeness (QED) is 0.427. The number of hydrogen-bond acceptors (Lipinski definition) is 4. The summed E-state index contributed by atoms with van der Waals surface area (Å²) in [7, 11) is -3.97. The Kier molecular flexibility index (Phi) is 4.92. The molecule has 0 N–H and O–H groups in total. The number of benzene rings is 3. The van der Waals surface area contributed by atoms with Gasteiger partial charge in [-0.15, -0.1) is 0 Å². The molecule has 0 unspecified atom stereocenters. The average molecular weight is 408 g/mol. The van der Waals surface area contributed by atoms with Gasteiger partial charge in [0.1, 0.15) is 17.2 Å². The van der Waals surface area contributed by atoms with Crippen LogP contribution >= 0.6 is 7.82 Å². The van der Waals surface area contributed by atoms with Gasteiger partial charge in [-0.05, 0) is 51.5 Å². The predicted molar refractivity (Wildman–Crippen MR) is 115 cm³/mol. The fraction of sp³-hybridized carbons (Fsp3) is 0.250. The largest absolute Gasteiger partial charge is 0.647 e. The first kappa shape index (κ1) is 19.6. The van der Waals surface area contributed by atoms with E-state index >= 15 is 0 Å². The Bertz CT molecular complexity index is 1080. The molecule has 3 aromatic carbocycles. The number of rotatable bonds is 2. The van der Waals surface area contributed by atoms with Crippen molar-refractivity contribution in [3.05, 3.63) is 88.0 Å². The molecule has 3 aromatic rings. The van der Waals surface area contributed by atoms with Gasteiger partial charge >= 0.3 is 7.82 Å². The molecular weight excluding hydrogens is 383 g/mol. The van der Waals surface area contributed by atoms with Crippen molar-refractivity contribution in [2.24, 2.45) is 0 Å². The van der Waals surface area contributed by atoms with E-state index in [4.69, 9.17) is 13.6 Å². The predicted octanol–water partition coefficient (Wildman–Crippen LogP) is 7.03. The molecule has 0 spiro atoms. The molecule has 150 valence electrons.